The van der Waals surface area contributed by atoms with Crippen molar-refractivity contribution in [1.82, 2.24) is 0 Å². The Bertz CT molecular complexity index is 456. The van der Waals surface area contributed by atoms with Gasteiger partial charge in [0.05, 0.1) is 5.92 Å². The van der Waals surface area contributed by atoms with E-state index in [1.807, 2.05) is 25.1 Å². The normalized spacial score (nSPS) is 25.0. The molecule has 3 N–H and O–H groups in total. The molecule has 0 heterocycles. The molecule has 1 aromatic carbocycles. The molecule has 2 rings (SSSR count). The zero-order valence-corrected chi connectivity index (χ0v) is 11.0. The fourth-order valence-electron chi connectivity index (χ4n) is 3.18. The van der Waals surface area contributed by atoms with Crippen LogP contribution in [0, 0.1) is 18.8 Å². The highest BCUT2D eigenvalue weighted by molar-refractivity contribution is 5.79. The minimum atomic E-state index is -0.744. The minimum Gasteiger partial charge on any atom is -0.481 e. The number of carboxylic acid groups (broad SMARTS) is 1. The number of nitrogen functional groups attached to an aromatic ring is 1. The highest BCUT2D eigenvalue weighted by Crippen LogP contribution is 2.43. The van der Waals surface area contributed by atoms with Crippen molar-refractivity contribution in [3.05, 3.63) is 29.3 Å². The Labute approximate surface area is 108 Å². The third kappa shape index (κ3) is 2.35. The lowest BCUT2D eigenvalue weighted by atomic mass is 9.79. The maximum absolute atomic E-state index is 11.6. The van der Waals surface area contributed by atoms with Crippen LogP contribution in [0.5, 0.6) is 0 Å². The molecule has 0 aliphatic heterocycles. The van der Waals surface area contributed by atoms with Gasteiger partial charge in [-0.15, -0.1) is 0 Å². The second kappa shape index (κ2) is 5.01. The van der Waals surface area contributed by atoms with Crippen LogP contribution in [0.2, 0.25) is 0 Å². The first-order valence-electron chi connectivity index (χ1n) is 6.59. The lowest BCUT2D eigenvalue weighted by Crippen LogP contribution is -2.24. The number of aryl methyl sites for hydroxylation is 1. The molecule has 0 aromatic heterocycles. The summed E-state index contributed by atoms with van der Waals surface area (Å²) in [4.78, 5) is 11.6. The van der Waals surface area contributed by atoms with E-state index in [0.29, 0.717) is 11.6 Å². The summed E-state index contributed by atoms with van der Waals surface area (Å²) in [5, 5.41) is 9.56. The predicted octanol–water partition coefficient (Wildman–Crippen LogP) is 3.18. The fourth-order valence-corrected chi connectivity index (χ4v) is 3.18. The van der Waals surface area contributed by atoms with E-state index in [0.717, 1.165) is 30.4 Å². The Morgan fingerprint density at radius 2 is 2.17 bits per heavy atom. The molecule has 1 fully saturated rings. The van der Waals surface area contributed by atoms with Gasteiger partial charge in [-0.2, -0.15) is 0 Å². The molecule has 0 radical (unpaired) electrons. The SMILES string of the molecule is Cc1ccc(N)c(C(C(=O)O)C2CCCC2C)c1. The zero-order valence-electron chi connectivity index (χ0n) is 11.0. The van der Waals surface area contributed by atoms with Gasteiger partial charge in [0.1, 0.15) is 0 Å². The summed E-state index contributed by atoms with van der Waals surface area (Å²) in [7, 11) is 0. The number of hydrogen-bond acceptors (Lipinski definition) is 2. The van der Waals surface area contributed by atoms with Crippen molar-refractivity contribution in [3.63, 3.8) is 0 Å². The van der Waals surface area contributed by atoms with Gasteiger partial charge in [-0.05, 0) is 36.8 Å². The van der Waals surface area contributed by atoms with Gasteiger partial charge < -0.3 is 10.8 Å². The van der Waals surface area contributed by atoms with Crippen LogP contribution < -0.4 is 5.73 Å². The van der Waals surface area contributed by atoms with E-state index in [4.69, 9.17) is 5.73 Å². The van der Waals surface area contributed by atoms with Gasteiger partial charge in [-0.25, -0.2) is 0 Å². The Balaban J connectivity index is 2.41. The quantitative estimate of drug-likeness (QED) is 0.806. The van der Waals surface area contributed by atoms with E-state index >= 15 is 0 Å². The highest BCUT2D eigenvalue weighted by Gasteiger charge is 2.37. The van der Waals surface area contributed by atoms with Crippen LogP contribution in [-0.4, -0.2) is 11.1 Å². The van der Waals surface area contributed by atoms with Crippen LogP contribution in [0.25, 0.3) is 0 Å². The first kappa shape index (κ1) is 12.9. The molecule has 3 heteroatoms. The molecule has 1 aliphatic rings. The van der Waals surface area contributed by atoms with E-state index in [2.05, 4.69) is 6.92 Å². The van der Waals surface area contributed by atoms with Crippen molar-refractivity contribution in [2.45, 2.75) is 39.0 Å². The van der Waals surface area contributed by atoms with E-state index in [9.17, 15) is 9.90 Å². The van der Waals surface area contributed by atoms with Crippen molar-refractivity contribution in [3.8, 4) is 0 Å². The molecular formula is C15H21NO2. The lowest BCUT2D eigenvalue weighted by Gasteiger charge is -2.25. The molecule has 18 heavy (non-hydrogen) atoms. The average Bonchev–Trinajstić information content (AvgIpc) is 2.70. The summed E-state index contributed by atoms with van der Waals surface area (Å²) in [6.45, 7) is 4.12. The molecule has 1 saturated carbocycles. The van der Waals surface area contributed by atoms with Crippen molar-refractivity contribution in [2.75, 3.05) is 5.73 Å². The molecule has 0 saturated heterocycles. The number of rotatable bonds is 3. The second-order valence-electron chi connectivity index (χ2n) is 5.52. The summed E-state index contributed by atoms with van der Waals surface area (Å²) in [6.07, 6.45) is 3.24. The Hall–Kier alpha value is -1.51. The Morgan fingerprint density at radius 1 is 1.44 bits per heavy atom. The zero-order chi connectivity index (χ0) is 13.3. The summed E-state index contributed by atoms with van der Waals surface area (Å²) in [5.41, 5.74) is 8.44. The van der Waals surface area contributed by atoms with Crippen molar-refractivity contribution in [1.29, 1.82) is 0 Å². The molecule has 1 aromatic rings. The van der Waals surface area contributed by atoms with Crippen LogP contribution in [0.3, 0.4) is 0 Å². The molecule has 1 aliphatic carbocycles. The van der Waals surface area contributed by atoms with E-state index in [-0.39, 0.29) is 5.92 Å². The third-order valence-corrected chi connectivity index (χ3v) is 4.20. The maximum Gasteiger partial charge on any atom is 0.311 e. The summed E-state index contributed by atoms with van der Waals surface area (Å²) >= 11 is 0. The summed E-state index contributed by atoms with van der Waals surface area (Å²) in [6, 6.07) is 5.68. The van der Waals surface area contributed by atoms with Gasteiger partial charge in [0.15, 0.2) is 0 Å². The molecule has 3 unspecified atom stereocenters. The van der Waals surface area contributed by atoms with Crippen LogP contribution in [0.15, 0.2) is 18.2 Å². The summed E-state index contributed by atoms with van der Waals surface area (Å²) < 4.78 is 0. The molecule has 0 spiro atoms. The van der Waals surface area contributed by atoms with Crippen molar-refractivity contribution < 1.29 is 9.90 Å². The smallest absolute Gasteiger partial charge is 0.311 e. The van der Waals surface area contributed by atoms with Crippen LogP contribution in [-0.2, 0) is 4.79 Å². The van der Waals surface area contributed by atoms with Crippen LogP contribution in [0.1, 0.15) is 43.2 Å². The molecule has 98 valence electrons. The molecular weight excluding hydrogens is 226 g/mol. The van der Waals surface area contributed by atoms with Crippen LogP contribution >= 0.6 is 0 Å². The number of carboxylic acids is 1. The van der Waals surface area contributed by atoms with E-state index in [1.54, 1.807) is 0 Å². The van der Waals surface area contributed by atoms with Crippen molar-refractivity contribution in [2.24, 2.45) is 11.8 Å². The molecule has 3 atom stereocenters. The standard InChI is InChI=1S/C15H21NO2/c1-9-6-7-13(16)12(8-9)14(15(17)18)11-5-3-4-10(11)2/h6-8,10-11,14H,3-5,16H2,1-2H3,(H,17,18). The maximum atomic E-state index is 11.6. The van der Waals surface area contributed by atoms with E-state index < -0.39 is 11.9 Å². The summed E-state index contributed by atoms with van der Waals surface area (Å²) in [5.74, 6) is -0.522. The van der Waals surface area contributed by atoms with Gasteiger partial charge in [0, 0.05) is 5.69 Å². The molecule has 0 bridgehead atoms. The first-order chi connectivity index (χ1) is 8.50. The monoisotopic (exact) mass is 247 g/mol. The van der Waals surface area contributed by atoms with Gasteiger partial charge in [0.25, 0.3) is 0 Å². The van der Waals surface area contributed by atoms with E-state index in [1.165, 1.54) is 0 Å². The Kier molecular flexibility index (Phi) is 3.60. The molecule has 0 amide bonds. The third-order valence-electron chi connectivity index (χ3n) is 4.20. The van der Waals surface area contributed by atoms with Crippen LogP contribution in [0.4, 0.5) is 5.69 Å². The largest absolute Gasteiger partial charge is 0.481 e. The first-order valence-corrected chi connectivity index (χ1v) is 6.59. The average molecular weight is 247 g/mol. The predicted molar refractivity (Wildman–Crippen MR) is 72.5 cm³/mol. The van der Waals surface area contributed by atoms with Gasteiger partial charge in [-0.3, -0.25) is 4.79 Å². The van der Waals surface area contributed by atoms with Gasteiger partial charge in [-0.1, -0.05) is 37.5 Å². The van der Waals surface area contributed by atoms with Gasteiger partial charge in [0.2, 0.25) is 0 Å². The number of hydrogen-bond donors (Lipinski definition) is 2. The number of carbonyl (C=O) groups is 1. The number of anilines is 1. The Morgan fingerprint density at radius 3 is 2.72 bits per heavy atom. The second-order valence-corrected chi connectivity index (χ2v) is 5.52. The fraction of sp³-hybridized carbons (Fsp3) is 0.533. The number of nitrogens with two attached hydrogens (primary N) is 1. The lowest BCUT2D eigenvalue weighted by molar-refractivity contribution is -0.140. The topological polar surface area (TPSA) is 63.3 Å². The number of benzene rings is 1. The highest BCUT2D eigenvalue weighted by atomic mass is 16.4. The van der Waals surface area contributed by atoms with Crippen molar-refractivity contribution >= 4 is 11.7 Å². The van der Waals surface area contributed by atoms with Gasteiger partial charge >= 0.3 is 5.97 Å². The number of aliphatic carboxylic acids is 1. The minimum absolute atomic E-state index is 0.214. The molecule has 3 nitrogen and oxygen atoms in total.